The molecule has 1 aromatic carbocycles. The number of amides is 5. The summed E-state index contributed by atoms with van der Waals surface area (Å²) in [7, 11) is 1.75. The number of anilines is 1. The van der Waals surface area contributed by atoms with Gasteiger partial charge in [-0.1, -0.05) is 6.07 Å². The van der Waals surface area contributed by atoms with E-state index in [1.54, 1.807) is 30.1 Å². The number of nitrogens with one attached hydrogen (secondary N) is 2. The molecule has 0 radical (unpaired) electrons. The molecular formula is C25H32N4O6. The summed E-state index contributed by atoms with van der Waals surface area (Å²) in [5, 5.41) is 5.62. The van der Waals surface area contributed by atoms with E-state index in [0.717, 1.165) is 30.6 Å². The van der Waals surface area contributed by atoms with Gasteiger partial charge >= 0.3 is 6.09 Å². The molecular weight excluding hydrogens is 452 g/mol. The number of rotatable bonds is 4. The van der Waals surface area contributed by atoms with E-state index in [9.17, 15) is 24.0 Å². The maximum absolute atomic E-state index is 13.3. The highest BCUT2D eigenvalue weighted by Gasteiger charge is 2.45. The average molecular weight is 485 g/mol. The molecule has 1 saturated carbocycles. The summed E-state index contributed by atoms with van der Waals surface area (Å²) in [6, 6.07) is 4.19. The van der Waals surface area contributed by atoms with Crippen LogP contribution < -0.4 is 10.6 Å². The van der Waals surface area contributed by atoms with Gasteiger partial charge in [0, 0.05) is 31.2 Å². The fourth-order valence-electron chi connectivity index (χ4n) is 4.95. The molecule has 2 aliphatic heterocycles. The molecule has 188 valence electrons. The van der Waals surface area contributed by atoms with E-state index in [0.29, 0.717) is 5.69 Å². The van der Waals surface area contributed by atoms with Crippen LogP contribution in [0.5, 0.6) is 0 Å². The Morgan fingerprint density at radius 1 is 1.06 bits per heavy atom. The van der Waals surface area contributed by atoms with Crippen LogP contribution in [0.15, 0.2) is 18.2 Å². The number of hydrogen-bond donors (Lipinski definition) is 2. The number of carbonyl (C=O) groups excluding carboxylic acids is 5. The summed E-state index contributed by atoms with van der Waals surface area (Å²) in [4.78, 5) is 65.1. The van der Waals surface area contributed by atoms with E-state index < -0.39 is 35.3 Å². The van der Waals surface area contributed by atoms with Gasteiger partial charge in [0.2, 0.25) is 11.8 Å². The fraction of sp³-hybridized carbons (Fsp3) is 0.560. The number of imide groups is 2. The molecule has 35 heavy (non-hydrogen) atoms. The molecule has 10 heteroatoms. The summed E-state index contributed by atoms with van der Waals surface area (Å²) in [5.41, 5.74) is 0.515. The Morgan fingerprint density at radius 3 is 2.37 bits per heavy atom. The first-order valence-electron chi connectivity index (χ1n) is 12.0. The Morgan fingerprint density at radius 2 is 1.74 bits per heavy atom. The summed E-state index contributed by atoms with van der Waals surface area (Å²) in [6.07, 6.45) is 2.97. The number of benzene rings is 1. The number of piperidine rings is 1. The first-order chi connectivity index (χ1) is 16.5. The van der Waals surface area contributed by atoms with Gasteiger partial charge in [-0.15, -0.1) is 0 Å². The Labute approximate surface area is 204 Å². The zero-order chi connectivity index (χ0) is 25.5. The highest BCUT2D eigenvalue weighted by molar-refractivity contribution is 6.25. The van der Waals surface area contributed by atoms with Gasteiger partial charge < -0.3 is 15.0 Å². The molecule has 1 aliphatic carbocycles. The van der Waals surface area contributed by atoms with Crippen LogP contribution in [0.2, 0.25) is 0 Å². The first-order valence-corrected chi connectivity index (χ1v) is 12.0. The lowest BCUT2D eigenvalue weighted by Gasteiger charge is -2.36. The van der Waals surface area contributed by atoms with Gasteiger partial charge in [0.1, 0.15) is 11.6 Å². The maximum atomic E-state index is 13.3. The highest BCUT2D eigenvalue weighted by atomic mass is 16.6. The third kappa shape index (κ3) is 5.01. The van der Waals surface area contributed by atoms with E-state index in [4.69, 9.17) is 4.74 Å². The van der Waals surface area contributed by atoms with Crippen molar-refractivity contribution >= 4 is 35.4 Å². The van der Waals surface area contributed by atoms with Gasteiger partial charge in [0.15, 0.2) is 0 Å². The summed E-state index contributed by atoms with van der Waals surface area (Å²) in [5.74, 6) is -2.08. The molecule has 1 unspecified atom stereocenters. The normalized spacial score (nSPS) is 24.7. The second-order valence-corrected chi connectivity index (χ2v) is 10.4. The minimum atomic E-state index is -0.994. The first kappa shape index (κ1) is 24.7. The van der Waals surface area contributed by atoms with Gasteiger partial charge in [-0.05, 0) is 65.0 Å². The van der Waals surface area contributed by atoms with E-state index in [1.165, 1.54) is 0 Å². The van der Waals surface area contributed by atoms with Crippen LogP contribution in [0.1, 0.15) is 80.0 Å². The second-order valence-electron chi connectivity index (χ2n) is 10.4. The standard InChI is InChI=1S/C25H32N4O6/c1-25(2,3)35-24(34)28(4)15-10-8-14(9-11-15)26-17-7-5-6-16-20(17)23(33)29(22(16)32)18-12-13-19(30)27-21(18)31/h5-7,14-15,18,26H,8-13H2,1-4H3,(H,27,30,31). The lowest BCUT2D eigenvalue weighted by molar-refractivity contribution is -0.136. The van der Waals surface area contributed by atoms with Crippen LogP contribution in [0.25, 0.3) is 0 Å². The molecule has 0 spiro atoms. The SMILES string of the molecule is CN(C(=O)OC(C)(C)C)C1CCC(Nc2cccc3c2C(=O)N(C2CCC(=O)NC2=O)C3=O)CC1. The number of hydrogen-bond acceptors (Lipinski definition) is 7. The van der Waals surface area contributed by atoms with Gasteiger partial charge in [-0.2, -0.15) is 0 Å². The highest BCUT2D eigenvalue weighted by Crippen LogP contribution is 2.34. The van der Waals surface area contributed by atoms with Gasteiger partial charge in [0.25, 0.3) is 11.8 Å². The van der Waals surface area contributed by atoms with E-state index >= 15 is 0 Å². The predicted octanol–water partition coefficient (Wildman–Crippen LogP) is 2.68. The van der Waals surface area contributed by atoms with Crippen molar-refractivity contribution in [3.63, 3.8) is 0 Å². The molecule has 10 nitrogen and oxygen atoms in total. The van der Waals surface area contributed by atoms with Crippen molar-refractivity contribution in [3.8, 4) is 0 Å². The zero-order valence-corrected chi connectivity index (χ0v) is 20.6. The summed E-state index contributed by atoms with van der Waals surface area (Å²) < 4.78 is 5.47. The molecule has 4 rings (SSSR count). The molecule has 2 N–H and O–H groups in total. The molecule has 2 heterocycles. The number of fused-ring (bicyclic) bond motifs is 1. The topological polar surface area (TPSA) is 125 Å². The smallest absolute Gasteiger partial charge is 0.410 e. The largest absolute Gasteiger partial charge is 0.444 e. The third-order valence-electron chi connectivity index (χ3n) is 6.75. The monoisotopic (exact) mass is 484 g/mol. The molecule has 1 atom stereocenters. The van der Waals surface area contributed by atoms with Crippen molar-refractivity contribution in [1.29, 1.82) is 0 Å². The predicted molar refractivity (Wildman–Crippen MR) is 127 cm³/mol. The van der Waals surface area contributed by atoms with Crippen molar-refractivity contribution in [3.05, 3.63) is 29.3 Å². The molecule has 2 fully saturated rings. The van der Waals surface area contributed by atoms with Crippen molar-refractivity contribution in [1.82, 2.24) is 15.1 Å². The van der Waals surface area contributed by atoms with Crippen LogP contribution in [-0.2, 0) is 14.3 Å². The van der Waals surface area contributed by atoms with E-state index in [1.807, 2.05) is 20.8 Å². The van der Waals surface area contributed by atoms with Crippen molar-refractivity contribution in [2.45, 2.75) is 83.0 Å². The van der Waals surface area contributed by atoms with E-state index in [2.05, 4.69) is 10.6 Å². The van der Waals surface area contributed by atoms with Crippen molar-refractivity contribution < 1.29 is 28.7 Å². The Bertz CT molecular complexity index is 1070. The average Bonchev–Trinajstić information content (AvgIpc) is 3.04. The molecule has 5 amide bonds. The van der Waals surface area contributed by atoms with Crippen LogP contribution in [0.3, 0.4) is 0 Å². The summed E-state index contributed by atoms with van der Waals surface area (Å²) >= 11 is 0. The Balaban J connectivity index is 1.42. The van der Waals surface area contributed by atoms with Crippen LogP contribution in [0.4, 0.5) is 10.5 Å². The third-order valence-corrected chi connectivity index (χ3v) is 6.75. The van der Waals surface area contributed by atoms with Gasteiger partial charge in [-0.3, -0.25) is 29.4 Å². The quantitative estimate of drug-likeness (QED) is 0.630. The maximum Gasteiger partial charge on any atom is 0.410 e. The van der Waals surface area contributed by atoms with Crippen LogP contribution >= 0.6 is 0 Å². The number of carbonyl (C=O) groups is 5. The number of nitrogens with zero attached hydrogens (tertiary/aromatic N) is 2. The second kappa shape index (κ2) is 9.31. The lowest BCUT2D eigenvalue weighted by atomic mass is 9.90. The van der Waals surface area contributed by atoms with Gasteiger partial charge in [0.05, 0.1) is 11.1 Å². The Hall–Kier alpha value is -3.43. The minimum absolute atomic E-state index is 0.0654. The van der Waals surface area contributed by atoms with Gasteiger partial charge in [-0.25, -0.2) is 4.79 Å². The van der Waals surface area contributed by atoms with Crippen LogP contribution in [-0.4, -0.2) is 70.3 Å². The van der Waals surface area contributed by atoms with E-state index in [-0.39, 0.29) is 42.1 Å². The van der Waals surface area contributed by atoms with Crippen LogP contribution in [0, 0.1) is 0 Å². The fourth-order valence-corrected chi connectivity index (χ4v) is 4.95. The Kier molecular flexibility index (Phi) is 6.57. The molecule has 0 bridgehead atoms. The summed E-state index contributed by atoms with van der Waals surface area (Å²) in [6.45, 7) is 5.52. The van der Waals surface area contributed by atoms with Crippen molar-refractivity contribution in [2.75, 3.05) is 12.4 Å². The molecule has 0 aromatic heterocycles. The molecule has 3 aliphatic rings. The molecule has 1 saturated heterocycles. The van der Waals surface area contributed by atoms with Crippen molar-refractivity contribution in [2.24, 2.45) is 0 Å². The molecule has 1 aromatic rings. The lowest BCUT2D eigenvalue weighted by Crippen LogP contribution is -2.54. The minimum Gasteiger partial charge on any atom is -0.444 e. The zero-order valence-electron chi connectivity index (χ0n) is 20.6. The number of ether oxygens (including phenoxy) is 1.